The van der Waals surface area contributed by atoms with Crippen LogP contribution in [-0.2, 0) is 20.8 Å². The fourth-order valence-corrected chi connectivity index (χ4v) is 2.85. The number of ketones is 1. The van der Waals surface area contributed by atoms with E-state index in [1.54, 1.807) is 0 Å². The Kier molecular flexibility index (Phi) is 5.41. The van der Waals surface area contributed by atoms with Crippen LogP contribution in [0.15, 0.2) is 18.2 Å². The van der Waals surface area contributed by atoms with E-state index in [0.29, 0.717) is 25.3 Å². The van der Waals surface area contributed by atoms with Gasteiger partial charge in [0.1, 0.15) is 23.5 Å². The first-order valence-electron chi connectivity index (χ1n) is 7.34. The number of Topliss-reactive ketones (excluding diaryl/α,β-unsaturated/α-hetero) is 1. The van der Waals surface area contributed by atoms with Crippen LogP contribution in [0.2, 0.25) is 0 Å². The molecule has 1 aromatic carbocycles. The average molecular weight is 325 g/mol. The van der Waals surface area contributed by atoms with Gasteiger partial charge >= 0.3 is 5.97 Å². The molecular formula is C16H17F2NO4. The van der Waals surface area contributed by atoms with Gasteiger partial charge in [-0.15, -0.1) is 0 Å². The van der Waals surface area contributed by atoms with E-state index >= 15 is 0 Å². The third kappa shape index (κ3) is 4.84. The first kappa shape index (κ1) is 17.1. The van der Waals surface area contributed by atoms with E-state index in [4.69, 9.17) is 0 Å². The molecule has 2 rings (SSSR count). The van der Waals surface area contributed by atoms with Gasteiger partial charge in [0, 0.05) is 18.9 Å². The summed E-state index contributed by atoms with van der Waals surface area (Å²) in [5.41, 5.74) is 0.115. The highest BCUT2D eigenvalue weighted by molar-refractivity contribution is 5.86. The molecule has 0 saturated heterocycles. The van der Waals surface area contributed by atoms with Crippen molar-refractivity contribution >= 4 is 17.7 Å². The second-order valence-corrected chi connectivity index (χ2v) is 5.73. The lowest BCUT2D eigenvalue weighted by atomic mass is 9.83. The molecule has 5 nitrogen and oxygen atoms in total. The van der Waals surface area contributed by atoms with Crippen molar-refractivity contribution in [2.24, 2.45) is 5.92 Å². The third-order valence-corrected chi connectivity index (χ3v) is 3.86. The number of hydrogen-bond donors (Lipinski definition) is 2. The summed E-state index contributed by atoms with van der Waals surface area (Å²) in [6, 6.07) is 1.55. The van der Waals surface area contributed by atoms with Crippen LogP contribution in [0, 0.1) is 17.6 Å². The number of halogens is 2. The summed E-state index contributed by atoms with van der Waals surface area (Å²) in [5.74, 6) is -3.96. The molecule has 23 heavy (non-hydrogen) atoms. The third-order valence-electron chi connectivity index (χ3n) is 3.86. The quantitative estimate of drug-likeness (QED) is 0.865. The molecule has 1 aromatic rings. The molecule has 0 unspecified atom stereocenters. The highest BCUT2D eigenvalue weighted by Gasteiger charge is 2.33. The Balaban J connectivity index is 2.03. The van der Waals surface area contributed by atoms with E-state index in [2.05, 4.69) is 5.32 Å². The fraction of sp³-hybridized carbons (Fsp3) is 0.438. The van der Waals surface area contributed by atoms with Crippen molar-refractivity contribution in [3.05, 3.63) is 35.4 Å². The van der Waals surface area contributed by atoms with E-state index in [9.17, 15) is 28.3 Å². The van der Waals surface area contributed by atoms with Crippen LogP contribution in [0.3, 0.4) is 0 Å². The monoisotopic (exact) mass is 325 g/mol. The number of nitrogens with one attached hydrogen (secondary N) is 1. The molecule has 2 atom stereocenters. The second kappa shape index (κ2) is 7.30. The smallest absolute Gasteiger partial charge is 0.326 e. The van der Waals surface area contributed by atoms with Gasteiger partial charge in [0.15, 0.2) is 0 Å². The predicted molar refractivity (Wildman–Crippen MR) is 76.6 cm³/mol. The lowest BCUT2D eigenvalue weighted by Crippen LogP contribution is -2.47. The van der Waals surface area contributed by atoms with E-state index in [1.807, 2.05) is 0 Å². The van der Waals surface area contributed by atoms with Gasteiger partial charge in [-0.2, -0.15) is 0 Å². The first-order valence-corrected chi connectivity index (χ1v) is 7.34. The van der Waals surface area contributed by atoms with Gasteiger partial charge in [0.2, 0.25) is 5.91 Å². The summed E-state index contributed by atoms with van der Waals surface area (Å²) >= 11 is 0. The highest BCUT2D eigenvalue weighted by atomic mass is 19.1. The Bertz CT molecular complexity index is 612. The molecule has 1 saturated carbocycles. The number of carboxylic acid groups (broad SMARTS) is 1. The molecule has 0 aliphatic heterocycles. The molecule has 0 aromatic heterocycles. The molecule has 0 radical (unpaired) electrons. The van der Waals surface area contributed by atoms with Gasteiger partial charge in [-0.25, -0.2) is 13.6 Å². The summed E-state index contributed by atoms with van der Waals surface area (Å²) in [6.45, 7) is 0. The van der Waals surface area contributed by atoms with Crippen molar-refractivity contribution in [3.8, 4) is 0 Å². The molecule has 7 heteroatoms. The molecule has 1 aliphatic rings. The van der Waals surface area contributed by atoms with Crippen LogP contribution in [0.4, 0.5) is 8.78 Å². The van der Waals surface area contributed by atoms with Gasteiger partial charge in [-0.1, -0.05) is 0 Å². The largest absolute Gasteiger partial charge is 0.480 e. The maximum atomic E-state index is 13.1. The molecular weight excluding hydrogens is 308 g/mol. The summed E-state index contributed by atoms with van der Waals surface area (Å²) in [6.07, 6.45) is 1.35. The van der Waals surface area contributed by atoms with Gasteiger partial charge in [0.05, 0.1) is 6.42 Å². The number of carbonyl (C=O) groups excluding carboxylic acids is 2. The standard InChI is InChI=1S/C16H17F2NO4/c17-11-4-9(5-12(18)8-11)6-14(21)19-15(16(22)23)10-2-1-3-13(20)7-10/h4-5,8,10,15H,1-3,6-7H2,(H,19,21)(H,22,23)/t10-,15-/m1/s1. The minimum atomic E-state index is -1.22. The number of benzene rings is 1. The number of rotatable bonds is 5. The lowest BCUT2D eigenvalue weighted by Gasteiger charge is -2.27. The second-order valence-electron chi connectivity index (χ2n) is 5.73. The summed E-state index contributed by atoms with van der Waals surface area (Å²) in [7, 11) is 0. The minimum absolute atomic E-state index is 0.0195. The van der Waals surface area contributed by atoms with Crippen molar-refractivity contribution in [2.75, 3.05) is 0 Å². The van der Waals surface area contributed by atoms with Crippen molar-refractivity contribution in [1.29, 1.82) is 0 Å². The highest BCUT2D eigenvalue weighted by Crippen LogP contribution is 2.24. The van der Waals surface area contributed by atoms with E-state index in [-0.39, 0.29) is 24.2 Å². The normalized spacial score (nSPS) is 19.2. The van der Waals surface area contributed by atoms with Crippen LogP contribution in [0.1, 0.15) is 31.2 Å². The number of amides is 1. The van der Waals surface area contributed by atoms with Crippen molar-refractivity contribution < 1.29 is 28.3 Å². The van der Waals surface area contributed by atoms with Crippen LogP contribution in [0.25, 0.3) is 0 Å². The molecule has 0 spiro atoms. The van der Waals surface area contributed by atoms with Crippen LogP contribution >= 0.6 is 0 Å². The molecule has 1 aliphatic carbocycles. The Hall–Kier alpha value is -2.31. The number of aliphatic carboxylic acids is 1. The van der Waals surface area contributed by atoms with Crippen molar-refractivity contribution in [2.45, 2.75) is 38.1 Å². The number of carbonyl (C=O) groups is 3. The van der Waals surface area contributed by atoms with Crippen LogP contribution < -0.4 is 5.32 Å². The van der Waals surface area contributed by atoms with E-state index in [0.717, 1.165) is 12.1 Å². The zero-order valence-electron chi connectivity index (χ0n) is 12.4. The van der Waals surface area contributed by atoms with E-state index in [1.165, 1.54) is 0 Å². The molecule has 1 amide bonds. The number of carboxylic acids is 1. The van der Waals surface area contributed by atoms with Gasteiger partial charge in [-0.3, -0.25) is 9.59 Å². The zero-order chi connectivity index (χ0) is 17.0. The molecule has 1 fully saturated rings. The Morgan fingerprint density at radius 1 is 1.26 bits per heavy atom. The number of hydrogen-bond acceptors (Lipinski definition) is 3. The minimum Gasteiger partial charge on any atom is -0.480 e. The summed E-state index contributed by atoms with van der Waals surface area (Å²) in [4.78, 5) is 34.8. The van der Waals surface area contributed by atoms with Crippen molar-refractivity contribution in [3.63, 3.8) is 0 Å². The molecule has 124 valence electrons. The topological polar surface area (TPSA) is 83.5 Å². The maximum Gasteiger partial charge on any atom is 0.326 e. The Morgan fingerprint density at radius 2 is 1.91 bits per heavy atom. The lowest BCUT2D eigenvalue weighted by molar-refractivity contribution is -0.144. The molecule has 2 N–H and O–H groups in total. The fourth-order valence-electron chi connectivity index (χ4n) is 2.85. The van der Waals surface area contributed by atoms with Gasteiger partial charge < -0.3 is 10.4 Å². The van der Waals surface area contributed by atoms with Crippen molar-refractivity contribution in [1.82, 2.24) is 5.32 Å². The van der Waals surface area contributed by atoms with Gasteiger partial charge in [-0.05, 0) is 36.5 Å². The Morgan fingerprint density at radius 3 is 2.48 bits per heavy atom. The van der Waals surface area contributed by atoms with Crippen LogP contribution in [-0.4, -0.2) is 28.8 Å². The predicted octanol–water partition coefficient (Wildman–Crippen LogP) is 1.84. The summed E-state index contributed by atoms with van der Waals surface area (Å²) in [5, 5.41) is 11.6. The van der Waals surface area contributed by atoms with E-state index < -0.39 is 35.5 Å². The molecule has 0 heterocycles. The zero-order valence-corrected chi connectivity index (χ0v) is 12.4. The average Bonchev–Trinajstić information content (AvgIpc) is 2.43. The van der Waals surface area contributed by atoms with Gasteiger partial charge in [0.25, 0.3) is 0 Å². The molecule has 0 bridgehead atoms. The maximum absolute atomic E-state index is 13.1. The SMILES string of the molecule is O=C1CCC[C@@H]([C@@H](NC(=O)Cc2cc(F)cc(F)c2)C(=O)O)C1. The first-order chi connectivity index (χ1) is 10.8. The Labute approximate surface area is 131 Å². The summed E-state index contributed by atoms with van der Waals surface area (Å²) < 4.78 is 26.2. The van der Waals surface area contributed by atoms with Crippen LogP contribution in [0.5, 0.6) is 0 Å².